The molecule has 0 radical (unpaired) electrons. The Morgan fingerprint density at radius 1 is 0.391 bits per heavy atom. The zero-order valence-electron chi connectivity index (χ0n) is 46.3. The SMILES string of the molecule is CCCCCCCC/C=C\CCCCCCCCCC(=O)OCCCCCCCCCC/C=C\CCCCCCCCCC(=O)NC(CO)C(O)/C=C/CCCCCCCCCCCCCCCC. The number of aliphatic hydroxyl groups is 2. The number of aliphatic hydroxyl groups excluding tert-OH is 2. The van der Waals surface area contributed by atoms with Crippen LogP contribution in [0.4, 0.5) is 0 Å². The Hall–Kier alpha value is -1.92. The molecule has 0 aliphatic heterocycles. The predicted octanol–water partition coefficient (Wildman–Crippen LogP) is 19.2. The molecule has 2 unspecified atom stereocenters. The van der Waals surface area contributed by atoms with Gasteiger partial charge in [0.15, 0.2) is 0 Å². The molecule has 0 spiro atoms. The van der Waals surface area contributed by atoms with Crippen molar-refractivity contribution >= 4 is 11.9 Å². The number of allylic oxidation sites excluding steroid dienone is 5. The summed E-state index contributed by atoms with van der Waals surface area (Å²) in [5, 5.41) is 23.1. The molecule has 0 saturated carbocycles. The van der Waals surface area contributed by atoms with E-state index in [1.54, 1.807) is 6.08 Å². The molecular weight excluding hydrogens is 851 g/mol. The summed E-state index contributed by atoms with van der Waals surface area (Å²) in [5.41, 5.74) is 0. The number of hydrogen-bond acceptors (Lipinski definition) is 5. The van der Waals surface area contributed by atoms with Gasteiger partial charge in [-0.25, -0.2) is 0 Å². The molecule has 0 aliphatic rings. The molecule has 1 amide bonds. The van der Waals surface area contributed by atoms with Gasteiger partial charge in [-0.05, 0) is 83.5 Å². The smallest absolute Gasteiger partial charge is 0.305 e. The van der Waals surface area contributed by atoms with Crippen molar-refractivity contribution in [3.63, 3.8) is 0 Å². The molecule has 0 fully saturated rings. The van der Waals surface area contributed by atoms with Gasteiger partial charge in [-0.2, -0.15) is 0 Å². The third kappa shape index (κ3) is 55.2. The van der Waals surface area contributed by atoms with Crippen molar-refractivity contribution < 1.29 is 24.5 Å². The highest BCUT2D eigenvalue weighted by atomic mass is 16.5. The topological polar surface area (TPSA) is 95.9 Å². The summed E-state index contributed by atoms with van der Waals surface area (Å²) in [6.07, 6.45) is 73.2. The summed E-state index contributed by atoms with van der Waals surface area (Å²) >= 11 is 0. The quantitative estimate of drug-likeness (QED) is 0.0321. The van der Waals surface area contributed by atoms with Gasteiger partial charge in [-0.3, -0.25) is 9.59 Å². The summed E-state index contributed by atoms with van der Waals surface area (Å²) in [7, 11) is 0. The van der Waals surface area contributed by atoms with E-state index in [1.165, 1.54) is 250 Å². The third-order valence-electron chi connectivity index (χ3n) is 14.1. The molecule has 3 N–H and O–H groups in total. The number of carbonyl (C=O) groups is 2. The monoisotopic (exact) mass is 970 g/mol. The Bertz CT molecular complexity index is 1120. The summed E-state index contributed by atoms with van der Waals surface area (Å²) < 4.78 is 5.48. The Morgan fingerprint density at radius 2 is 0.681 bits per heavy atom. The van der Waals surface area contributed by atoms with Crippen LogP contribution in [0.1, 0.15) is 328 Å². The molecule has 6 nitrogen and oxygen atoms in total. The lowest BCUT2D eigenvalue weighted by molar-refractivity contribution is -0.143. The molecule has 6 heteroatoms. The van der Waals surface area contributed by atoms with Gasteiger partial charge < -0.3 is 20.3 Å². The molecule has 2 atom stereocenters. The fraction of sp³-hybridized carbons (Fsp3) is 0.873. The molecule has 0 aromatic heterocycles. The van der Waals surface area contributed by atoms with Gasteiger partial charge in [0, 0.05) is 12.8 Å². The number of rotatable bonds is 57. The number of nitrogens with one attached hydrogen (secondary N) is 1. The normalized spacial score (nSPS) is 12.8. The number of ether oxygens (including phenoxy) is 1. The van der Waals surface area contributed by atoms with Gasteiger partial charge in [-0.1, -0.05) is 269 Å². The fourth-order valence-electron chi connectivity index (χ4n) is 9.39. The minimum absolute atomic E-state index is 0.0000965. The van der Waals surface area contributed by atoms with Gasteiger partial charge in [0.2, 0.25) is 5.91 Å². The maximum Gasteiger partial charge on any atom is 0.305 e. The van der Waals surface area contributed by atoms with E-state index in [0.717, 1.165) is 51.4 Å². The van der Waals surface area contributed by atoms with Crippen LogP contribution in [0.2, 0.25) is 0 Å². The number of carbonyl (C=O) groups excluding carboxylic acids is 2. The van der Waals surface area contributed by atoms with E-state index in [1.807, 2.05) is 6.08 Å². The summed E-state index contributed by atoms with van der Waals surface area (Å²) in [6.45, 7) is 4.90. The van der Waals surface area contributed by atoms with E-state index in [-0.39, 0.29) is 18.5 Å². The maximum absolute atomic E-state index is 12.5. The van der Waals surface area contributed by atoms with Crippen LogP contribution < -0.4 is 5.32 Å². The minimum Gasteiger partial charge on any atom is -0.466 e. The maximum atomic E-state index is 12.5. The average molecular weight is 971 g/mol. The molecule has 0 aliphatic carbocycles. The van der Waals surface area contributed by atoms with Crippen LogP contribution in [0, 0.1) is 0 Å². The highest BCUT2D eigenvalue weighted by Crippen LogP contribution is 2.16. The van der Waals surface area contributed by atoms with E-state index < -0.39 is 12.1 Å². The Labute approximate surface area is 430 Å². The molecule has 0 heterocycles. The lowest BCUT2D eigenvalue weighted by Crippen LogP contribution is -2.45. The Kier molecular flexibility index (Phi) is 57.0. The summed E-state index contributed by atoms with van der Waals surface area (Å²) in [6, 6.07) is -0.635. The van der Waals surface area contributed by atoms with E-state index >= 15 is 0 Å². The first kappa shape index (κ1) is 67.1. The van der Waals surface area contributed by atoms with Gasteiger partial charge >= 0.3 is 5.97 Å². The number of unbranched alkanes of at least 4 members (excludes halogenated alkanes) is 42. The van der Waals surface area contributed by atoms with Crippen molar-refractivity contribution in [2.24, 2.45) is 0 Å². The van der Waals surface area contributed by atoms with E-state index in [4.69, 9.17) is 4.74 Å². The van der Waals surface area contributed by atoms with Crippen LogP contribution >= 0.6 is 0 Å². The molecule has 69 heavy (non-hydrogen) atoms. The van der Waals surface area contributed by atoms with E-state index in [0.29, 0.717) is 19.4 Å². The van der Waals surface area contributed by atoms with Crippen molar-refractivity contribution in [1.29, 1.82) is 0 Å². The number of hydrogen-bond donors (Lipinski definition) is 3. The average Bonchev–Trinajstić information content (AvgIpc) is 3.35. The second-order valence-electron chi connectivity index (χ2n) is 21.0. The molecule has 0 aromatic rings. The lowest BCUT2D eigenvalue weighted by atomic mass is 10.0. The fourth-order valence-corrected chi connectivity index (χ4v) is 9.39. The predicted molar refractivity (Wildman–Crippen MR) is 301 cm³/mol. The van der Waals surface area contributed by atoms with Crippen molar-refractivity contribution in [2.75, 3.05) is 13.2 Å². The molecule has 0 saturated heterocycles. The molecule has 406 valence electrons. The van der Waals surface area contributed by atoms with Crippen molar-refractivity contribution in [1.82, 2.24) is 5.32 Å². The third-order valence-corrected chi connectivity index (χ3v) is 14.1. The Morgan fingerprint density at radius 3 is 1.03 bits per heavy atom. The van der Waals surface area contributed by atoms with Crippen LogP contribution in [0.15, 0.2) is 36.5 Å². The van der Waals surface area contributed by atoms with Gasteiger partial charge in [-0.15, -0.1) is 0 Å². The molecule has 0 bridgehead atoms. The second kappa shape index (κ2) is 58.6. The zero-order valence-corrected chi connectivity index (χ0v) is 46.3. The van der Waals surface area contributed by atoms with Gasteiger partial charge in [0.25, 0.3) is 0 Å². The standard InChI is InChI=1S/C63H119NO5/c1-3-5-7-9-11-13-15-17-19-24-29-33-37-41-45-49-53-57-63(68)69-58-54-50-46-42-38-34-30-26-23-21-22-25-28-32-36-40-44-48-52-56-62(67)64-60(59-65)61(66)55-51-47-43-39-35-31-27-20-18-16-14-12-10-8-6-4-2/h17,19,21-22,51,55,60-61,65-66H,3-16,18,20,23-50,52-54,56-59H2,1-2H3,(H,64,67)/b19-17-,22-21-,55-51+. The Balaban J connectivity index is 3.46. The van der Waals surface area contributed by atoms with Crippen molar-refractivity contribution in [3.05, 3.63) is 36.5 Å². The zero-order chi connectivity index (χ0) is 50.0. The highest BCUT2D eigenvalue weighted by molar-refractivity contribution is 5.76. The van der Waals surface area contributed by atoms with E-state index in [2.05, 4.69) is 43.5 Å². The summed E-state index contributed by atoms with van der Waals surface area (Å²) in [5.74, 6) is -0.0766. The van der Waals surface area contributed by atoms with E-state index in [9.17, 15) is 19.8 Å². The molecule has 0 rings (SSSR count). The van der Waals surface area contributed by atoms with Gasteiger partial charge in [0.05, 0.1) is 25.4 Å². The lowest BCUT2D eigenvalue weighted by Gasteiger charge is -2.20. The van der Waals surface area contributed by atoms with Crippen LogP contribution in [-0.2, 0) is 14.3 Å². The first-order valence-electron chi connectivity index (χ1n) is 30.8. The van der Waals surface area contributed by atoms with Crippen LogP contribution in [0.5, 0.6) is 0 Å². The largest absolute Gasteiger partial charge is 0.466 e. The highest BCUT2D eigenvalue weighted by Gasteiger charge is 2.18. The minimum atomic E-state index is -0.851. The van der Waals surface area contributed by atoms with Crippen LogP contribution in [0.3, 0.4) is 0 Å². The molecule has 0 aromatic carbocycles. The second-order valence-corrected chi connectivity index (χ2v) is 21.0. The van der Waals surface area contributed by atoms with Crippen LogP contribution in [-0.4, -0.2) is 47.4 Å². The van der Waals surface area contributed by atoms with Crippen molar-refractivity contribution in [3.8, 4) is 0 Å². The molecular formula is C63H119NO5. The first-order valence-corrected chi connectivity index (χ1v) is 30.8. The number of esters is 1. The van der Waals surface area contributed by atoms with Crippen molar-refractivity contribution in [2.45, 2.75) is 341 Å². The van der Waals surface area contributed by atoms with Gasteiger partial charge in [0.1, 0.15) is 0 Å². The van der Waals surface area contributed by atoms with Crippen LogP contribution in [0.25, 0.3) is 0 Å². The number of amides is 1. The first-order chi connectivity index (χ1) is 34.0. The summed E-state index contributed by atoms with van der Waals surface area (Å²) in [4.78, 5) is 24.5.